The summed E-state index contributed by atoms with van der Waals surface area (Å²) in [5, 5.41) is 5.10. The molecule has 1 N–H and O–H groups in total. The smallest absolute Gasteiger partial charge is 0.246 e. The Kier molecular flexibility index (Phi) is 6.00. The number of anilines is 2. The first kappa shape index (κ1) is 21.4. The second kappa shape index (κ2) is 8.70. The SMILES string of the molecule is C=CC(=O)N1CC(C)C(Oc2nc(Nc3ncc(C)s3)cc3c2ccn3CC(C)C)C1. The summed E-state index contributed by atoms with van der Waals surface area (Å²) in [4.78, 5) is 24.2. The molecule has 0 spiro atoms. The van der Waals surface area contributed by atoms with E-state index in [1.807, 2.05) is 19.2 Å². The van der Waals surface area contributed by atoms with Crippen LogP contribution in [-0.2, 0) is 11.3 Å². The zero-order chi connectivity index (χ0) is 22.1. The third kappa shape index (κ3) is 4.58. The molecular weight excluding hydrogens is 410 g/mol. The van der Waals surface area contributed by atoms with Crippen LogP contribution in [0.4, 0.5) is 10.9 Å². The van der Waals surface area contributed by atoms with Crippen molar-refractivity contribution in [1.29, 1.82) is 0 Å². The van der Waals surface area contributed by atoms with E-state index in [1.54, 1.807) is 16.2 Å². The first-order chi connectivity index (χ1) is 14.8. The van der Waals surface area contributed by atoms with Crippen LogP contribution in [0.25, 0.3) is 10.9 Å². The summed E-state index contributed by atoms with van der Waals surface area (Å²) in [6.07, 6.45) is 5.17. The number of likely N-dealkylation sites (tertiary alicyclic amines) is 1. The van der Waals surface area contributed by atoms with Crippen LogP contribution in [0.3, 0.4) is 0 Å². The maximum Gasteiger partial charge on any atom is 0.246 e. The average Bonchev–Trinajstić information content (AvgIpc) is 3.41. The fraction of sp³-hybridized carbons (Fsp3) is 0.435. The Bertz CT molecular complexity index is 1100. The van der Waals surface area contributed by atoms with E-state index in [0.29, 0.717) is 30.7 Å². The molecule has 2 unspecified atom stereocenters. The number of thiazole rings is 1. The lowest BCUT2D eigenvalue weighted by atomic mass is 10.1. The Hall–Kier alpha value is -2.87. The Morgan fingerprint density at radius 2 is 2.26 bits per heavy atom. The number of nitrogens with one attached hydrogen (secondary N) is 1. The molecule has 164 valence electrons. The number of rotatable bonds is 7. The molecule has 0 aromatic carbocycles. The highest BCUT2D eigenvalue weighted by Crippen LogP contribution is 2.33. The second-order valence-corrected chi connectivity index (χ2v) is 9.82. The molecule has 7 nitrogen and oxygen atoms in total. The number of carbonyl (C=O) groups excluding carboxylic acids is 1. The van der Waals surface area contributed by atoms with E-state index in [1.165, 1.54) is 6.08 Å². The van der Waals surface area contributed by atoms with E-state index < -0.39 is 0 Å². The van der Waals surface area contributed by atoms with Crippen LogP contribution in [-0.4, -0.2) is 44.5 Å². The molecule has 4 rings (SSSR count). The largest absolute Gasteiger partial charge is 0.472 e. The van der Waals surface area contributed by atoms with Gasteiger partial charge in [0.2, 0.25) is 11.8 Å². The van der Waals surface area contributed by atoms with Crippen molar-refractivity contribution in [3.8, 4) is 5.88 Å². The molecule has 8 heteroatoms. The highest BCUT2D eigenvalue weighted by Gasteiger charge is 2.34. The van der Waals surface area contributed by atoms with E-state index in [-0.39, 0.29) is 17.9 Å². The van der Waals surface area contributed by atoms with Gasteiger partial charge < -0.3 is 19.5 Å². The molecule has 0 saturated carbocycles. The summed E-state index contributed by atoms with van der Waals surface area (Å²) in [6, 6.07) is 4.11. The monoisotopic (exact) mass is 439 g/mol. The van der Waals surface area contributed by atoms with Crippen molar-refractivity contribution in [3.63, 3.8) is 0 Å². The highest BCUT2D eigenvalue weighted by molar-refractivity contribution is 7.15. The fourth-order valence-corrected chi connectivity index (χ4v) is 4.60. The second-order valence-electron chi connectivity index (χ2n) is 8.59. The van der Waals surface area contributed by atoms with Crippen molar-refractivity contribution in [2.75, 3.05) is 18.4 Å². The van der Waals surface area contributed by atoms with Crippen LogP contribution >= 0.6 is 11.3 Å². The lowest BCUT2D eigenvalue weighted by Gasteiger charge is -2.18. The minimum absolute atomic E-state index is 0.0614. The topological polar surface area (TPSA) is 72.3 Å². The van der Waals surface area contributed by atoms with Gasteiger partial charge in [0.25, 0.3) is 0 Å². The fourth-order valence-electron chi connectivity index (χ4n) is 3.93. The Morgan fingerprint density at radius 1 is 1.45 bits per heavy atom. The number of aromatic nitrogens is 3. The van der Waals surface area contributed by atoms with Crippen LogP contribution in [0.1, 0.15) is 25.6 Å². The van der Waals surface area contributed by atoms with Crippen LogP contribution in [0.15, 0.2) is 37.2 Å². The maximum atomic E-state index is 12.1. The number of hydrogen-bond donors (Lipinski definition) is 1. The van der Waals surface area contributed by atoms with Gasteiger partial charge in [-0.15, -0.1) is 11.3 Å². The van der Waals surface area contributed by atoms with Crippen molar-refractivity contribution in [2.24, 2.45) is 11.8 Å². The van der Waals surface area contributed by atoms with Gasteiger partial charge in [-0.25, -0.2) is 4.98 Å². The molecule has 1 aliphatic heterocycles. The van der Waals surface area contributed by atoms with Gasteiger partial charge in [-0.1, -0.05) is 27.4 Å². The lowest BCUT2D eigenvalue weighted by Crippen LogP contribution is -2.29. The van der Waals surface area contributed by atoms with E-state index >= 15 is 0 Å². The number of amides is 1. The van der Waals surface area contributed by atoms with Gasteiger partial charge in [0, 0.05) is 42.3 Å². The first-order valence-electron chi connectivity index (χ1n) is 10.6. The number of pyridine rings is 1. The van der Waals surface area contributed by atoms with Gasteiger partial charge >= 0.3 is 0 Å². The van der Waals surface area contributed by atoms with Crippen LogP contribution in [0.5, 0.6) is 5.88 Å². The molecule has 1 fully saturated rings. The van der Waals surface area contributed by atoms with Crippen LogP contribution in [0, 0.1) is 18.8 Å². The van der Waals surface area contributed by atoms with Gasteiger partial charge in [0.15, 0.2) is 5.13 Å². The number of ether oxygens (including phenoxy) is 1. The van der Waals surface area contributed by atoms with Crippen molar-refractivity contribution < 1.29 is 9.53 Å². The molecule has 31 heavy (non-hydrogen) atoms. The van der Waals surface area contributed by atoms with Gasteiger partial charge in [-0.3, -0.25) is 4.79 Å². The summed E-state index contributed by atoms with van der Waals surface area (Å²) >= 11 is 1.59. The van der Waals surface area contributed by atoms with Gasteiger partial charge in [-0.05, 0) is 25.0 Å². The molecule has 1 amide bonds. The Labute approximate surface area is 186 Å². The van der Waals surface area contributed by atoms with E-state index in [0.717, 1.165) is 27.5 Å². The third-order valence-corrected chi connectivity index (χ3v) is 6.27. The number of fused-ring (bicyclic) bond motifs is 1. The number of hydrogen-bond acceptors (Lipinski definition) is 6. The molecule has 3 aromatic rings. The molecule has 1 saturated heterocycles. The number of carbonyl (C=O) groups is 1. The predicted molar refractivity (Wildman–Crippen MR) is 125 cm³/mol. The zero-order valence-corrected chi connectivity index (χ0v) is 19.3. The molecule has 3 aromatic heterocycles. The standard InChI is InChI=1S/C23H29N5O2S/c1-6-21(29)28-12-15(4)19(13-28)30-22-17-7-8-27(11-14(2)3)18(17)9-20(25-22)26-23-24-10-16(5)31-23/h6-10,14-15,19H,1,11-13H2,2-5H3,(H,24,25,26). The Morgan fingerprint density at radius 3 is 2.94 bits per heavy atom. The molecule has 4 heterocycles. The molecule has 0 bridgehead atoms. The summed E-state index contributed by atoms with van der Waals surface area (Å²) in [7, 11) is 0. The van der Waals surface area contributed by atoms with E-state index in [2.05, 4.69) is 54.5 Å². The normalized spacial score (nSPS) is 18.7. The Balaban J connectivity index is 1.68. The van der Waals surface area contributed by atoms with Gasteiger partial charge in [-0.2, -0.15) is 4.98 Å². The van der Waals surface area contributed by atoms with Gasteiger partial charge in [0.1, 0.15) is 11.9 Å². The maximum absolute atomic E-state index is 12.1. The zero-order valence-electron chi connectivity index (χ0n) is 18.5. The summed E-state index contributed by atoms with van der Waals surface area (Å²) in [5.41, 5.74) is 1.07. The predicted octanol–water partition coefficient (Wildman–Crippen LogP) is 4.61. The third-order valence-electron chi connectivity index (χ3n) is 5.44. The summed E-state index contributed by atoms with van der Waals surface area (Å²) in [5.74, 6) is 1.94. The van der Waals surface area contributed by atoms with E-state index in [4.69, 9.17) is 9.72 Å². The summed E-state index contributed by atoms with van der Waals surface area (Å²) in [6.45, 7) is 14.2. The van der Waals surface area contributed by atoms with Gasteiger partial charge in [0.05, 0.1) is 17.4 Å². The van der Waals surface area contributed by atoms with Crippen LogP contribution < -0.4 is 10.1 Å². The lowest BCUT2D eigenvalue weighted by molar-refractivity contribution is -0.125. The quantitative estimate of drug-likeness (QED) is 0.544. The van der Waals surface area contributed by atoms with Crippen LogP contribution in [0.2, 0.25) is 0 Å². The number of nitrogens with zero attached hydrogens (tertiary/aromatic N) is 4. The average molecular weight is 440 g/mol. The molecule has 0 radical (unpaired) electrons. The molecule has 2 atom stereocenters. The van der Waals surface area contributed by atoms with Crippen molar-refractivity contribution >= 4 is 39.1 Å². The first-order valence-corrected chi connectivity index (χ1v) is 11.4. The number of aryl methyl sites for hydroxylation is 1. The minimum Gasteiger partial charge on any atom is -0.472 e. The van der Waals surface area contributed by atoms with Crippen molar-refractivity contribution in [1.82, 2.24) is 19.4 Å². The summed E-state index contributed by atoms with van der Waals surface area (Å²) < 4.78 is 8.65. The minimum atomic E-state index is -0.120. The molecular formula is C23H29N5O2S. The highest BCUT2D eigenvalue weighted by atomic mass is 32.1. The van der Waals surface area contributed by atoms with Crippen molar-refractivity contribution in [3.05, 3.63) is 42.1 Å². The van der Waals surface area contributed by atoms with E-state index in [9.17, 15) is 4.79 Å². The molecule has 1 aliphatic rings. The van der Waals surface area contributed by atoms with Crippen molar-refractivity contribution in [2.45, 2.75) is 40.3 Å². The molecule has 0 aliphatic carbocycles.